The number of benzene rings is 1. The molecule has 5 heteroatoms. The molecule has 102 valence electrons. The van der Waals surface area contributed by atoms with Gasteiger partial charge in [-0.3, -0.25) is 9.59 Å². The quantitative estimate of drug-likeness (QED) is 0.926. The molecule has 1 aliphatic heterocycles. The normalized spacial score (nSPS) is 16.4. The molecule has 1 heterocycles. The molecule has 0 spiro atoms. The van der Waals surface area contributed by atoms with Crippen LogP contribution in [0.3, 0.4) is 0 Å². The molecular weight excluding hydrogens is 308 g/mol. The third-order valence-corrected chi connectivity index (χ3v) is 4.19. The van der Waals surface area contributed by atoms with Crippen molar-refractivity contribution in [3.05, 3.63) is 34.3 Å². The molecule has 0 atom stereocenters. The van der Waals surface area contributed by atoms with Gasteiger partial charge in [-0.1, -0.05) is 12.1 Å². The van der Waals surface area contributed by atoms with Gasteiger partial charge >= 0.3 is 0 Å². The van der Waals surface area contributed by atoms with Crippen molar-refractivity contribution in [3.63, 3.8) is 0 Å². The van der Waals surface area contributed by atoms with Crippen molar-refractivity contribution in [2.75, 3.05) is 13.1 Å². The van der Waals surface area contributed by atoms with Gasteiger partial charge in [0.2, 0.25) is 5.91 Å². The molecule has 1 aromatic carbocycles. The first-order chi connectivity index (χ1) is 9.08. The van der Waals surface area contributed by atoms with Gasteiger partial charge in [0.1, 0.15) is 0 Å². The fourth-order valence-electron chi connectivity index (χ4n) is 2.43. The summed E-state index contributed by atoms with van der Waals surface area (Å²) in [5.74, 6) is 0.112. The van der Waals surface area contributed by atoms with Crippen LogP contribution in [-0.4, -0.2) is 29.8 Å². The molecule has 0 aromatic heterocycles. The summed E-state index contributed by atoms with van der Waals surface area (Å²) >= 11 is 3.40. The summed E-state index contributed by atoms with van der Waals surface area (Å²) < 4.78 is 0.819. The number of nitrogens with two attached hydrogens (primary N) is 1. The standard InChI is InChI=1S/C14H17BrN2O2/c15-12-4-2-1-3-11(12)14(19)17-7-5-10(6-8-17)9-13(16)18/h1-4,10H,5-9H2,(H2,16,18). The summed E-state index contributed by atoms with van der Waals surface area (Å²) in [7, 11) is 0. The Morgan fingerprint density at radius 2 is 1.89 bits per heavy atom. The third-order valence-electron chi connectivity index (χ3n) is 3.50. The molecule has 1 saturated heterocycles. The van der Waals surface area contributed by atoms with Crippen LogP contribution in [0.2, 0.25) is 0 Å². The summed E-state index contributed by atoms with van der Waals surface area (Å²) in [6, 6.07) is 7.44. The van der Waals surface area contributed by atoms with Crippen LogP contribution >= 0.6 is 15.9 Å². The number of nitrogens with zero attached hydrogens (tertiary/aromatic N) is 1. The molecule has 0 bridgehead atoms. The molecule has 0 saturated carbocycles. The summed E-state index contributed by atoms with van der Waals surface area (Å²) in [4.78, 5) is 25.1. The van der Waals surface area contributed by atoms with Crippen LogP contribution in [0, 0.1) is 5.92 Å². The summed E-state index contributed by atoms with van der Waals surface area (Å²) in [6.07, 6.45) is 2.12. The Labute approximate surface area is 121 Å². The maximum atomic E-state index is 12.4. The first-order valence-electron chi connectivity index (χ1n) is 6.40. The number of primary amides is 1. The summed E-state index contributed by atoms with van der Waals surface area (Å²) in [5, 5.41) is 0. The zero-order valence-corrected chi connectivity index (χ0v) is 12.2. The minimum atomic E-state index is -0.254. The molecule has 1 aliphatic rings. The van der Waals surface area contributed by atoms with Crippen LogP contribution in [0.25, 0.3) is 0 Å². The lowest BCUT2D eigenvalue weighted by Crippen LogP contribution is -2.39. The molecule has 1 aromatic rings. The van der Waals surface area contributed by atoms with E-state index in [0.29, 0.717) is 31.0 Å². The van der Waals surface area contributed by atoms with Crippen molar-refractivity contribution in [1.82, 2.24) is 4.90 Å². The van der Waals surface area contributed by atoms with Crippen molar-refractivity contribution >= 4 is 27.7 Å². The number of rotatable bonds is 3. The van der Waals surface area contributed by atoms with Crippen LogP contribution in [0.4, 0.5) is 0 Å². The molecule has 4 nitrogen and oxygen atoms in total. The van der Waals surface area contributed by atoms with Crippen molar-refractivity contribution in [2.45, 2.75) is 19.3 Å². The molecule has 2 amide bonds. The molecule has 1 fully saturated rings. The van der Waals surface area contributed by atoms with E-state index in [4.69, 9.17) is 5.73 Å². The van der Waals surface area contributed by atoms with Gasteiger partial charge in [0.15, 0.2) is 0 Å². The van der Waals surface area contributed by atoms with E-state index in [1.165, 1.54) is 0 Å². The first-order valence-corrected chi connectivity index (χ1v) is 7.19. The Kier molecular flexibility index (Phi) is 4.58. The van der Waals surface area contributed by atoms with E-state index < -0.39 is 0 Å². The SMILES string of the molecule is NC(=O)CC1CCN(C(=O)c2ccccc2Br)CC1. The minimum absolute atomic E-state index is 0.0463. The Balaban J connectivity index is 1.96. The number of hydrogen-bond acceptors (Lipinski definition) is 2. The van der Waals surface area contributed by atoms with Gasteiger partial charge in [-0.05, 0) is 46.8 Å². The average Bonchev–Trinajstić information content (AvgIpc) is 2.39. The molecule has 2 N–H and O–H groups in total. The maximum absolute atomic E-state index is 12.4. The van der Waals surface area contributed by atoms with E-state index in [2.05, 4.69) is 15.9 Å². The number of piperidine rings is 1. The van der Waals surface area contributed by atoms with Gasteiger partial charge in [-0.25, -0.2) is 0 Å². The van der Waals surface area contributed by atoms with Crippen molar-refractivity contribution in [1.29, 1.82) is 0 Å². The zero-order valence-electron chi connectivity index (χ0n) is 10.6. The second kappa shape index (κ2) is 6.19. The molecule has 19 heavy (non-hydrogen) atoms. The number of hydrogen-bond donors (Lipinski definition) is 1. The maximum Gasteiger partial charge on any atom is 0.254 e. The van der Waals surface area contributed by atoms with E-state index in [1.807, 2.05) is 29.2 Å². The van der Waals surface area contributed by atoms with E-state index in [-0.39, 0.29) is 11.8 Å². The van der Waals surface area contributed by atoms with Gasteiger partial charge in [0.25, 0.3) is 5.91 Å². The molecule has 0 aliphatic carbocycles. The number of carbonyl (C=O) groups excluding carboxylic acids is 2. The van der Waals surface area contributed by atoms with Gasteiger partial charge in [0.05, 0.1) is 5.56 Å². The highest BCUT2D eigenvalue weighted by Crippen LogP contribution is 2.24. The van der Waals surface area contributed by atoms with Gasteiger partial charge in [-0.2, -0.15) is 0 Å². The number of carbonyl (C=O) groups is 2. The summed E-state index contributed by atoms with van der Waals surface area (Å²) in [5.41, 5.74) is 5.89. The van der Waals surface area contributed by atoms with Gasteiger partial charge < -0.3 is 10.6 Å². The summed E-state index contributed by atoms with van der Waals surface area (Å²) in [6.45, 7) is 1.39. The first kappa shape index (κ1) is 14.1. The topological polar surface area (TPSA) is 63.4 Å². The Morgan fingerprint density at radius 3 is 2.47 bits per heavy atom. The lowest BCUT2D eigenvalue weighted by atomic mass is 9.93. The lowest BCUT2D eigenvalue weighted by molar-refractivity contribution is -0.119. The molecule has 0 unspecified atom stereocenters. The Hall–Kier alpha value is -1.36. The highest BCUT2D eigenvalue weighted by Gasteiger charge is 2.25. The smallest absolute Gasteiger partial charge is 0.254 e. The third kappa shape index (κ3) is 3.56. The number of halogens is 1. The van der Waals surface area contributed by atoms with Crippen molar-refractivity contribution < 1.29 is 9.59 Å². The zero-order chi connectivity index (χ0) is 13.8. The van der Waals surface area contributed by atoms with E-state index in [1.54, 1.807) is 0 Å². The average molecular weight is 325 g/mol. The van der Waals surface area contributed by atoms with Crippen molar-refractivity contribution in [3.8, 4) is 0 Å². The number of amides is 2. The predicted molar refractivity (Wildman–Crippen MR) is 76.6 cm³/mol. The second-order valence-corrected chi connectivity index (χ2v) is 5.74. The van der Waals surface area contributed by atoms with Gasteiger partial charge in [0, 0.05) is 24.0 Å². The van der Waals surface area contributed by atoms with E-state index in [9.17, 15) is 9.59 Å². The van der Waals surface area contributed by atoms with E-state index in [0.717, 1.165) is 17.3 Å². The Morgan fingerprint density at radius 1 is 1.26 bits per heavy atom. The number of likely N-dealkylation sites (tertiary alicyclic amines) is 1. The fourth-order valence-corrected chi connectivity index (χ4v) is 2.88. The monoisotopic (exact) mass is 324 g/mol. The highest BCUT2D eigenvalue weighted by atomic mass is 79.9. The minimum Gasteiger partial charge on any atom is -0.370 e. The molecule has 0 radical (unpaired) electrons. The van der Waals surface area contributed by atoms with Crippen LogP contribution in [-0.2, 0) is 4.79 Å². The highest BCUT2D eigenvalue weighted by molar-refractivity contribution is 9.10. The predicted octanol–water partition coefficient (Wildman–Crippen LogP) is 2.18. The fraction of sp³-hybridized carbons (Fsp3) is 0.429. The van der Waals surface area contributed by atoms with Crippen LogP contribution < -0.4 is 5.73 Å². The van der Waals surface area contributed by atoms with Crippen molar-refractivity contribution in [2.24, 2.45) is 11.7 Å². The van der Waals surface area contributed by atoms with Gasteiger partial charge in [-0.15, -0.1) is 0 Å². The Bertz CT molecular complexity index is 482. The second-order valence-electron chi connectivity index (χ2n) is 4.89. The molecular formula is C14H17BrN2O2. The van der Waals surface area contributed by atoms with Crippen LogP contribution in [0.1, 0.15) is 29.6 Å². The largest absolute Gasteiger partial charge is 0.370 e. The lowest BCUT2D eigenvalue weighted by Gasteiger charge is -2.31. The van der Waals surface area contributed by atoms with E-state index >= 15 is 0 Å². The molecule has 2 rings (SSSR count). The van der Waals surface area contributed by atoms with Crippen LogP contribution in [0.15, 0.2) is 28.7 Å². The van der Waals surface area contributed by atoms with Crippen LogP contribution in [0.5, 0.6) is 0 Å².